The van der Waals surface area contributed by atoms with Crippen LogP contribution in [0.15, 0.2) is 53.3 Å². The van der Waals surface area contributed by atoms with Crippen molar-refractivity contribution in [3.05, 3.63) is 64.6 Å². The molecule has 1 aliphatic rings. The van der Waals surface area contributed by atoms with E-state index in [9.17, 15) is 9.18 Å². The number of ether oxygens (including phenoxy) is 1. The van der Waals surface area contributed by atoms with Crippen molar-refractivity contribution in [2.45, 2.75) is 18.3 Å². The number of hydrogen-bond donors (Lipinski definition) is 1. The average Bonchev–Trinajstić information content (AvgIpc) is 3.25. The molecular formula is C19H17BrFN5O2. The summed E-state index contributed by atoms with van der Waals surface area (Å²) in [6, 6.07) is 12.0. The maximum atomic E-state index is 14.4. The van der Waals surface area contributed by atoms with Crippen LogP contribution in [-0.2, 0) is 14.9 Å². The lowest BCUT2D eigenvalue weighted by Crippen LogP contribution is -2.45. The van der Waals surface area contributed by atoms with Gasteiger partial charge >= 0.3 is 0 Å². The number of carbonyl (C=O) groups is 1. The lowest BCUT2D eigenvalue weighted by atomic mass is 9.73. The third-order valence-corrected chi connectivity index (χ3v) is 5.52. The maximum absolute atomic E-state index is 14.4. The predicted octanol–water partition coefficient (Wildman–Crippen LogP) is 3.25. The fourth-order valence-corrected chi connectivity index (χ4v) is 3.67. The first kappa shape index (κ1) is 18.7. The summed E-state index contributed by atoms with van der Waals surface area (Å²) >= 11 is 3.42. The number of nitrogens with zero attached hydrogens (tertiary/aromatic N) is 4. The smallest absolute Gasteiger partial charge is 0.235 e. The number of rotatable bonds is 4. The van der Waals surface area contributed by atoms with Gasteiger partial charge in [-0.25, -0.2) is 9.07 Å². The van der Waals surface area contributed by atoms with Crippen LogP contribution in [0, 0.1) is 5.82 Å². The van der Waals surface area contributed by atoms with E-state index in [1.165, 1.54) is 23.1 Å². The normalized spacial score (nSPS) is 15.9. The number of aromatic nitrogens is 4. The molecular weight excluding hydrogens is 429 g/mol. The minimum absolute atomic E-state index is 0.0842. The summed E-state index contributed by atoms with van der Waals surface area (Å²) in [5, 5.41) is 13.7. The molecule has 4 rings (SSSR count). The van der Waals surface area contributed by atoms with Gasteiger partial charge in [-0.2, -0.15) is 0 Å². The first-order chi connectivity index (χ1) is 13.6. The second kappa shape index (κ2) is 7.76. The van der Waals surface area contributed by atoms with Gasteiger partial charge in [0.05, 0.1) is 16.8 Å². The molecule has 0 unspecified atom stereocenters. The van der Waals surface area contributed by atoms with Crippen molar-refractivity contribution in [2.24, 2.45) is 0 Å². The van der Waals surface area contributed by atoms with Gasteiger partial charge in [0.25, 0.3) is 0 Å². The second-order valence-corrected chi connectivity index (χ2v) is 7.49. The molecule has 1 N–H and O–H groups in total. The van der Waals surface area contributed by atoms with Crippen LogP contribution in [0.2, 0.25) is 0 Å². The van der Waals surface area contributed by atoms with E-state index in [1.807, 2.05) is 24.3 Å². The van der Waals surface area contributed by atoms with Gasteiger partial charge in [-0.3, -0.25) is 4.79 Å². The van der Waals surface area contributed by atoms with Crippen LogP contribution in [0.5, 0.6) is 0 Å². The Morgan fingerprint density at radius 3 is 2.61 bits per heavy atom. The van der Waals surface area contributed by atoms with E-state index < -0.39 is 11.2 Å². The lowest BCUT2D eigenvalue weighted by molar-refractivity contribution is -0.125. The molecule has 0 atom stereocenters. The molecule has 3 aromatic rings. The number of carbonyl (C=O) groups excluding carboxylic acids is 1. The molecule has 144 valence electrons. The lowest BCUT2D eigenvalue weighted by Gasteiger charge is -2.36. The summed E-state index contributed by atoms with van der Waals surface area (Å²) in [4.78, 5) is 13.3. The topological polar surface area (TPSA) is 81.9 Å². The molecule has 1 aromatic heterocycles. The highest BCUT2D eigenvalue weighted by Crippen LogP contribution is 2.37. The summed E-state index contributed by atoms with van der Waals surface area (Å²) in [5.41, 5.74) is 0.733. The van der Waals surface area contributed by atoms with Gasteiger partial charge in [0.2, 0.25) is 5.91 Å². The minimum atomic E-state index is -0.782. The first-order valence-corrected chi connectivity index (χ1v) is 9.56. The summed E-state index contributed by atoms with van der Waals surface area (Å²) in [7, 11) is 0. The zero-order chi connectivity index (χ0) is 19.6. The quantitative estimate of drug-likeness (QED) is 0.666. The van der Waals surface area contributed by atoms with Crippen LogP contribution in [0.4, 0.5) is 10.1 Å². The molecule has 1 fully saturated rings. The Morgan fingerprint density at radius 1 is 1.18 bits per heavy atom. The Balaban J connectivity index is 1.67. The number of anilines is 1. The molecule has 1 saturated heterocycles. The predicted molar refractivity (Wildman–Crippen MR) is 104 cm³/mol. The highest BCUT2D eigenvalue weighted by Gasteiger charge is 2.42. The molecule has 0 aliphatic carbocycles. The van der Waals surface area contributed by atoms with Crippen molar-refractivity contribution >= 4 is 27.5 Å². The average molecular weight is 446 g/mol. The minimum Gasteiger partial charge on any atom is -0.381 e. The number of benzene rings is 2. The highest BCUT2D eigenvalue weighted by molar-refractivity contribution is 9.10. The molecule has 0 bridgehead atoms. The molecule has 2 heterocycles. The highest BCUT2D eigenvalue weighted by atomic mass is 79.9. The van der Waals surface area contributed by atoms with Gasteiger partial charge in [-0.15, -0.1) is 5.10 Å². The Kier molecular flexibility index (Phi) is 5.19. The number of nitrogens with one attached hydrogen (secondary N) is 1. The second-order valence-electron chi connectivity index (χ2n) is 6.57. The van der Waals surface area contributed by atoms with Crippen LogP contribution in [-0.4, -0.2) is 39.3 Å². The molecule has 1 amide bonds. The molecule has 2 aromatic carbocycles. The van der Waals surface area contributed by atoms with Crippen LogP contribution >= 0.6 is 15.9 Å². The molecule has 0 radical (unpaired) electrons. The van der Waals surface area contributed by atoms with Crippen molar-refractivity contribution in [2.75, 3.05) is 18.5 Å². The standard InChI is InChI=1S/C19H17BrFN5O2/c20-14-3-1-13(2-4-14)19(7-9-28-10-8-19)18(27)23-17-11-15(5-6-16(17)21)26-12-22-24-25-26/h1-6,11-12H,7-10H2,(H,23,27). The third-order valence-electron chi connectivity index (χ3n) is 4.99. The van der Waals surface area contributed by atoms with E-state index in [0.29, 0.717) is 31.7 Å². The van der Waals surface area contributed by atoms with E-state index in [2.05, 4.69) is 36.8 Å². The van der Waals surface area contributed by atoms with Crippen molar-refractivity contribution in [1.82, 2.24) is 20.2 Å². The zero-order valence-corrected chi connectivity index (χ0v) is 16.4. The number of halogens is 2. The van der Waals surface area contributed by atoms with E-state index in [0.717, 1.165) is 10.0 Å². The van der Waals surface area contributed by atoms with E-state index >= 15 is 0 Å². The Morgan fingerprint density at radius 2 is 1.93 bits per heavy atom. The van der Waals surface area contributed by atoms with Gasteiger partial charge in [0.15, 0.2) is 0 Å². The monoisotopic (exact) mass is 445 g/mol. The Hall–Kier alpha value is -2.65. The molecule has 0 saturated carbocycles. The summed E-state index contributed by atoms with van der Waals surface area (Å²) in [5.74, 6) is -0.783. The Labute approximate surface area is 169 Å². The fraction of sp³-hybridized carbons (Fsp3) is 0.263. The molecule has 28 heavy (non-hydrogen) atoms. The third kappa shape index (κ3) is 3.55. The molecule has 1 aliphatic heterocycles. The van der Waals surface area contributed by atoms with Crippen LogP contribution in [0.1, 0.15) is 18.4 Å². The SMILES string of the molecule is O=C(Nc1cc(-n2cnnn2)ccc1F)C1(c2ccc(Br)cc2)CCOCC1. The van der Waals surface area contributed by atoms with Crippen LogP contribution < -0.4 is 5.32 Å². The molecule has 7 nitrogen and oxygen atoms in total. The first-order valence-electron chi connectivity index (χ1n) is 8.77. The number of hydrogen-bond acceptors (Lipinski definition) is 5. The number of tetrazole rings is 1. The maximum Gasteiger partial charge on any atom is 0.235 e. The molecule has 9 heteroatoms. The van der Waals surface area contributed by atoms with Gasteiger partial charge in [0, 0.05) is 17.7 Å². The summed E-state index contributed by atoms with van der Waals surface area (Å²) < 4.78 is 22.2. The van der Waals surface area contributed by atoms with Crippen molar-refractivity contribution < 1.29 is 13.9 Å². The van der Waals surface area contributed by atoms with Crippen molar-refractivity contribution in [3.63, 3.8) is 0 Å². The number of amides is 1. The van der Waals surface area contributed by atoms with Gasteiger partial charge in [-0.1, -0.05) is 28.1 Å². The Bertz CT molecular complexity index is 972. The van der Waals surface area contributed by atoms with E-state index in [4.69, 9.17) is 4.74 Å². The van der Waals surface area contributed by atoms with Crippen LogP contribution in [0.25, 0.3) is 5.69 Å². The largest absolute Gasteiger partial charge is 0.381 e. The van der Waals surface area contributed by atoms with Gasteiger partial charge in [-0.05, 0) is 59.2 Å². The van der Waals surface area contributed by atoms with Crippen LogP contribution in [0.3, 0.4) is 0 Å². The van der Waals surface area contributed by atoms with Crippen molar-refractivity contribution in [3.8, 4) is 5.69 Å². The van der Waals surface area contributed by atoms with E-state index in [-0.39, 0.29) is 11.6 Å². The van der Waals surface area contributed by atoms with Gasteiger partial charge in [0.1, 0.15) is 12.1 Å². The summed E-state index contributed by atoms with van der Waals surface area (Å²) in [6.07, 6.45) is 2.45. The van der Waals surface area contributed by atoms with E-state index in [1.54, 1.807) is 6.07 Å². The zero-order valence-electron chi connectivity index (χ0n) is 14.8. The fourth-order valence-electron chi connectivity index (χ4n) is 3.41. The van der Waals surface area contributed by atoms with Gasteiger partial charge < -0.3 is 10.1 Å². The summed E-state index contributed by atoms with van der Waals surface area (Å²) in [6.45, 7) is 0.938. The molecule has 0 spiro atoms. The van der Waals surface area contributed by atoms with Crippen molar-refractivity contribution in [1.29, 1.82) is 0 Å².